The smallest absolute Gasteiger partial charge is 0.227 e. The van der Waals surface area contributed by atoms with Crippen LogP contribution in [0.25, 0.3) is 10.2 Å². The number of nitrogens with zero attached hydrogens (tertiary/aromatic N) is 2. The molecular weight excluding hydrogens is 210 g/mol. The van der Waals surface area contributed by atoms with Gasteiger partial charge in [-0.15, -0.1) is 17.9 Å². The van der Waals surface area contributed by atoms with Crippen LogP contribution in [0.4, 0.5) is 5.95 Å². The molecule has 0 saturated heterocycles. The van der Waals surface area contributed by atoms with E-state index in [9.17, 15) is 0 Å². The Morgan fingerprint density at radius 3 is 3.20 bits per heavy atom. The van der Waals surface area contributed by atoms with Gasteiger partial charge in [-0.1, -0.05) is 6.08 Å². The van der Waals surface area contributed by atoms with E-state index >= 15 is 0 Å². The molecule has 78 valence electrons. The second-order valence-corrected chi connectivity index (χ2v) is 3.85. The Bertz CT molecular complexity index is 480. The third-order valence-corrected chi connectivity index (χ3v) is 2.67. The van der Waals surface area contributed by atoms with Gasteiger partial charge in [0.15, 0.2) is 0 Å². The summed E-state index contributed by atoms with van der Waals surface area (Å²) in [5.41, 5.74) is 5.57. The predicted octanol–water partition coefficient (Wildman–Crippen LogP) is 2.23. The zero-order valence-electron chi connectivity index (χ0n) is 8.14. The maximum absolute atomic E-state index is 5.57. The fourth-order valence-electron chi connectivity index (χ4n) is 1.19. The van der Waals surface area contributed by atoms with Crippen molar-refractivity contribution in [2.45, 2.75) is 6.42 Å². The molecule has 2 aromatic rings. The number of anilines is 1. The van der Waals surface area contributed by atoms with E-state index in [0.717, 1.165) is 16.6 Å². The maximum Gasteiger partial charge on any atom is 0.227 e. The SMILES string of the molecule is C=CCCOc1nc(N)nc2sccc12. The summed E-state index contributed by atoms with van der Waals surface area (Å²) in [5.74, 6) is 0.805. The third kappa shape index (κ3) is 2.07. The second kappa shape index (κ2) is 4.27. The Morgan fingerprint density at radius 1 is 1.53 bits per heavy atom. The lowest BCUT2D eigenvalue weighted by atomic mass is 10.4. The molecule has 2 rings (SSSR count). The van der Waals surface area contributed by atoms with Crippen molar-refractivity contribution in [2.75, 3.05) is 12.3 Å². The summed E-state index contributed by atoms with van der Waals surface area (Å²) in [6, 6.07) is 1.93. The number of hydrogen-bond acceptors (Lipinski definition) is 5. The van der Waals surface area contributed by atoms with Gasteiger partial charge >= 0.3 is 0 Å². The minimum atomic E-state index is 0.249. The fraction of sp³-hybridized carbons (Fsp3) is 0.200. The highest BCUT2D eigenvalue weighted by molar-refractivity contribution is 7.16. The van der Waals surface area contributed by atoms with Gasteiger partial charge in [0.1, 0.15) is 4.83 Å². The van der Waals surface area contributed by atoms with E-state index in [2.05, 4.69) is 16.5 Å². The highest BCUT2D eigenvalue weighted by atomic mass is 32.1. The van der Waals surface area contributed by atoms with Gasteiger partial charge in [-0.3, -0.25) is 0 Å². The van der Waals surface area contributed by atoms with E-state index in [1.807, 2.05) is 11.4 Å². The van der Waals surface area contributed by atoms with Crippen LogP contribution >= 0.6 is 11.3 Å². The summed E-state index contributed by atoms with van der Waals surface area (Å²) in [7, 11) is 0. The lowest BCUT2D eigenvalue weighted by Gasteiger charge is -2.04. The van der Waals surface area contributed by atoms with Gasteiger partial charge in [0, 0.05) is 0 Å². The van der Waals surface area contributed by atoms with Crippen molar-refractivity contribution in [1.82, 2.24) is 9.97 Å². The normalized spacial score (nSPS) is 10.4. The Balaban J connectivity index is 2.31. The van der Waals surface area contributed by atoms with Gasteiger partial charge in [-0.05, 0) is 17.9 Å². The van der Waals surface area contributed by atoms with E-state index in [4.69, 9.17) is 10.5 Å². The molecule has 2 aromatic heterocycles. The van der Waals surface area contributed by atoms with Gasteiger partial charge in [0.25, 0.3) is 0 Å². The zero-order valence-corrected chi connectivity index (χ0v) is 8.96. The Hall–Kier alpha value is -1.62. The van der Waals surface area contributed by atoms with Crippen LogP contribution in [-0.4, -0.2) is 16.6 Å². The number of thiophene rings is 1. The van der Waals surface area contributed by atoms with Crippen LogP contribution in [0.5, 0.6) is 5.88 Å². The average Bonchev–Trinajstić information content (AvgIpc) is 2.65. The third-order valence-electron chi connectivity index (χ3n) is 1.87. The molecule has 4 nitrogen and oxygen atoms in total. The standard InChI is InChI=1S/C10H11N3OS/c1-2-3-5-14-8-7-4-6-15-9(7)13-10(11)12-8/h2,4,6H,1,3,5H2,(H2,11,12,13). The van der Waals surface area contributed by atoms with Gasteiger partial charge in [0.05, 0.1) is 12.0 Å². The van der Waals surface area contributed by atoms with Crippen LogP contribution in [0.3, 0.4) is 0 Å². The van der Waals surface area contributed by atoms with Crippen LogP contribution < -0.4 is 10.5 Å². The Morgan fingerprint density at radius 2 is 2.40 bits per heavy atom. The van der Waals surface area contributed by atoms with Crippen LogP contribution in [0.2, 0.25) is 0 Å². The van der Waals surface area contributed by atoms with E-state index in [1.54, 1.807) is 6.08 Å². The van der Waals surface area contributed by atoms with Crippen molar-refractivity contribution < 1.29 is 4.74 Å². The quantitative estimate of drug-likeness (QED) is 0.635. The first kappa shape index (κ1) is 9.92. The molecule has 0 spiro atoms. The number of aromatic nitrogens is 2. The molecule has 2 N–H and O–H groups in total. The summed E-state index contributed by atoms with van der Waals surface area (Å²) >= 11 is 1.52. The summed E-state index contributed by atoms with van der Waals surface area (Å²) in [6.45, 7) is 4.19. The molecular formula is C10H11N3OS. The summed E-state index contributed by atoms with van der Waals surface area (Å²) in [5, 5.41) is 2.86. The molecule has 0 aliphatic rings. The van der Waals surface area contributed by atoms with E-state index in [-0.39, 0.29) is 5.95 Å². The Labute approximate surface area is 91.4 Å². The highest BCUT2D eigenvalue weighted by Gasteiger charge is 2.07. The first-order valence-electron chi connectivity index (χ1n) is 4.55. The van der Waals surface area contributed by atoms with Crippen LogP contribution in [-0.2, 0) is 0 Å². The molecule has 0 aliphatic heterocycles. The van der Waals surface area contributed by atoms with Gasteiger partial charge in [0.2, 0.25) is 11.8 Å². The van der Waals surface area contributed by atoms with Crippen molar-refractivity contribution in [2.24, 2.45) is 0 Å². The number of nitrogens with two attached hydrogens (primary N) is 1. The van der Waals surface area contributed by atoms with Crippen molar-refractivity contribution in [3.63, 3.8) is 0 Å². The molecule has 2 heterocycles. The van der Waals surface area contributed by atoms with E-state index in [1.165, 1.54) is 11.3 Å². The fourth-order valence-corrected chi connectivity index (χ4v) is 1.95. The molecule has 0 aliphatic carbocycles. The number of rotatable bonds is 4. The van der Waals surface area contributed by atoms with Crippen LogP contribution in [0.15, 0.2) is 24.1 Å². The molecule has 0 saturated carbocycles. The lowest BCUT2D eigenvalue weighted by Crippen LogP contribution is -2.01. The molecule has 0 amide bonds. The van der Waals surface area contributed by atoms with E-state index in [0.29, 0.717) is 12.5 Å². The number of fused-ring (bicyclic) bond motifs is 1. The van der Waals surface area contributed by atoms with Crippen molar-refractivity contribution >= 4 is 27.5 Å². The average molecular weight is 221 g/mol. The van der Waals surface area contributed by atoms with E-state index < -0.39 is 0 Å². The second-order valence-electron chi connectivity index (χ2n) is 2.95. The van der Waals surface area contributed by atoms with Gasteiger partial charge in [-0.2, -0.15) is 4.98 Å². The molecule has 0 fully saturated rings. The predicted molar refractivity (Wildman–Crippen MR) is 62.1 cm³/mol. The molecule has 0 atom stereocenters. The molecule has 0 aromatic carbocycles. The number of nitrogen functional groups attached to an aromatic ring is 1. The summed E-state index contributed by atoms with van der Waals surface area (Å²) in [6.07, 6.45) is 2.59. The summed E-state index contributed by atoms with van der Waals surface area (Å²) in [4.78, 5) is 9.03. The van der Waals surface area contributed by atoms with Crippen LogP contribution in [0, 0.1) is 0 Å². The molecule has 0 bridgehead atoms. The zero-order chi connectivity index (χ0) is 10.7. The molecule has 15 heavy (non-hydrogen) atoms. The molecule has 0 radical (unpaired) electrons. The topological polar surface area (TPSA) is 61.0 Å². The first-order chi connectivity index (χ1) is 7.31. The Kier molecular flexibility index (Phi) is 2.82. The molecule has 5 heteroatoms. The summed E-state index contributed by atoms with van der Waals surface area (Å²) < 4.78 is 5.50. The molecule has 0 unspecified atom stereocenters. The van der Waals surface area contributed by atoms with Crippen molar-refractivity contribution in [3.05, 3.63) is 24.1 Å². The maximum atomic E-state index is 5.57. The van der Waals surface area contributed by atoms with Gasteiger partial charge < -0.3 is 10.5 Å². The highest BCUT2D eigenvalue weighted by Crippen LogP contribution is 2.27. The minimum absolute atomic E-state index is 0.249. The largest absolute Gasteiger partial charge is 0.477 e. The first-order valence-corrected chi connectivity index (χ1v) is 5.43. The minimum Gasteiger partial charge on any atom is -0.477 e. The van der Waals surface area contributed by atoms with Crippen LogP contribution in [0.1, 0.15) is 6.42 Å². The lowest BCUT2D eigenvalue weighted by molar-refractivity contribution is 0.317. The van der Waals surface area contributed by atoms with Crippen molar-refractivity contribution in [1.29, 1.82) is 0 Å². The number of ether oxygens (including phenoxy) is 1. The number of hydrogen-bond donors (Lipinski definition) is 1. The van der Waals surface area contributed by atoms with Crippen molar-refractivity contribution in [3.8, 4) is 5.88 Å². The van der Waals surface area contributed by atoms with Gasteiger partial charge in [-0.25, -0.2) is 4.98 Å². The monoisotopic (exact) mass is 221 g/mol.